The summed E-state index contributed by atoms with van der Waals surface area (Å²) in [6.45, 7) is 2.87. The summed E-state index contributed by atoms with van der Waals surface area (Å²) in [4.78, 5) is 20.3. The quantitative estimate of drug-likeness (QED) is 0.719. The third kappa shape index (κ3) is 3.93. The second-order valence-electron chi connectivity index (χ2n) is 6.08. The van der Waals surface area contributed by atoms with Crippen molar-refractivity contribution in [2.24, 2.45) is 10.7 Å². The first-order valence-electron chi connectivity index (χ1n) is 8.82. The summed E-state index contributed by atoms with van der Waals surface area (Å²) < 4.78 is 5.45. The Kier molecular flexibility index (Phi) is 5.02. The number of aliphatic imine (C=N–C) groups is 1. The van der Waals surface area contributed by atoms with Crippen molar-refractivity contribution in [1.29, 1.82) is 0 Å². The lowest BCUT2D eigenvalue weighted by Gasteiger charge is -2.28. The molecule has 0 radical (unpaired) electrons. The molecule has 136 valence electrons. The Balaban J connectivity index is 1.68. The van der Waals surface area contributed by atoms with Gasteiger partial charge in [0.2, 0.25) is 0 Å². The minimum atomic E-state index is 0.454. The van der Waals surface area contributed by atoms with Crippen LogP contribution in [0.1, 0.15) is 5.82 Å². The number of allylic oxidation sites excluding steroid dienone is 1. The van der Waals surface area contributed by atoms with Crippen LogP contribution in [0.2, 0.25) is 0 Å². The zero-order valence-electron chi connectivity index (χ0n) is 14.8. The standard InChI is InChI=1S/C20H20N6O/c21-16(8-10-22-15-5-2-1-3-6-15)19-24-17-7-4-9-23-18(17)20(25-19)26-11-13-27-14-12-26/h1-10H,11-14,21H2. The molecule has 1 fully saturated rings. The Morgan fingerprint density at radius 2 is 1.89 bits per heavy atom. The van der Waals surface area contributed by atoms with Gasteiger partial charge in [0.25, 0.3) is 0 Å². The van der Waals surface area contributed by atoms with Crippen LogP contribution >= 0.6 is 0 Å². The van der Waals surface area contributed by atoms with Gasteiger partial charge in [-0.1, -0.05) is 18.2 Å². The number of aromatic nitrogens is 3. The minimum Gasteiger partial charge on any atom is -0.396 e. The van der Waals surface area contributed by atoms with E-state index in [4.69, 9.17) is 15.5 Å². The van der Waals surface area contributed by atoms with Crippen molar-refractivity contribution in [3.8, 4) is 0 Å². The van der Waals surface area contributed by atoms with Gasteiger partial charge in [-0.3, -0.25) is 9.98 Å². The first-order chi connectivity index (χ1) is 13.3. The summed E-state index contributed by atoms with van der Waals surface area (Å²) in [6, 6.07) is 13.5. The molecule has 0 amide bonds. The fourth-order valence-corrected chi connectivity index (χ4v) is 2.87. The Labute approximate surface area is 157 Å². The molecule has 3 aromatic rings. The number of morpholine rings is 1. The maximum Gasteiger partial charge on any atom is 0.178 e. The van der Waals surface area contributed by atoms with Crippen LogP contribution in [0.15, 0.2) is 59.7 Å². The number of para-hydroxylation sites is 1. The Hall–Kier alpha value is -3.32. The second kappa shape index (κ2) is 7.92. The van der Waals surface area contributed by atoms with E-state index < -0.39 is 0 Å². The first-order valence-corrected chi connectivity index (χ1v) is 8.82. The van der Waals surface area contributed by atoms with E-state index in [1.807, 2.05) is 42.5 Å². The fourth-order valence-electron chi connectivity index (χ4n) is 2.87. The summed E-state index contributed by atoms with van der Waals surface area (Å²) >= 11 is 0. The topological polar surface area (TPSA) is 89.5 Å². The van der Waals surface area contributed by atoms with E-state index in [-0.39, 0.29) is 0 Å². The highest BCUT2D eigenvalue weighted by atomic mass is 16.5. The number of rotatable bonds is 4. The van der Waals surface area contributed by atoms with Gasteiger partial charge in [0, 0.05) is 25.5 Å². The average molecular weight is 360 g/mol. The largest absolute Gasteiger partial charge is 0.396 e. The lowest BCUT2D eigenvalue weighted by atomic mass is 10.3. The van der Waals surface area contributed by atoms with Crippen LogP contribution in [0.5, 0.6) is 0 Å². The van der Waals surface area contributed by atoms with Gasteiger partial charge in [-0.25, -0.2) is 9.97 Å². The van der Waals surface area contributed by atoms with Crippen LogP contribution in [0.4, 0.5) is 11.5 Å². The number of nitrogens with zero attached hydrogens (tertiary/aromatic N) is 5. The van der Waals surface area contributed by atoms with E-state index in [1.165, 1.54) is 0 Å². The van der Waals surface area contributed by atoms with Gasteiger partial charge in [0.05, 0.1) is 30.1 Å². The molecule has 0 unspecified atom stereocenters. The number of hydrogen-bond acceptors (Lipinski definition) is 7. The zero-order chi connectivity index (χ0) is 18.5. The Bertz CT molecular complexity index is 980. The molecule has 0 atom stereocenters. The average Bonchev–Trinajstić information content (AvgIpc) is 2.74. The van der Waals surface area contributed by atoms with Crippen LogP contribution in [0, 0.1) is 0 Å². The molecule has 1 aromatic carbocycles. The van der Waals surface area contributed by atoms with E-state index in [1.54, 1.807) is 18.5 Å². The summed E-state index contributed by atoms with van der Waals surface area (Å²) in [5, 5.41) is 0. The molecule has 2 aromatic heterocycles. The van der Waals surface area contributed by atoms with Crippen molar-refractivity contribution in [3.63, 3.8) is 0 Å². The van der Waals surface area contributed by atoms with E-state index in [0.717, 1.165) is 35.6 Å². The molecule has 0 bridgehead atoms. The number of hydrogen-bond donors (Lipinski definition) is 1. The molecule has 0 spiro atoms. The number of benzene rings is 1. The molecule has 7 heteroatoms. The van der Waals surface area contributed by atoms with Gasteiger partial charge in [-0.05, 0) is 30.3 Å². The number of anilines is 1. The number of ether oxygens (including phenoxy) is 1. The number of pyridine rings is 1. The van der Waals surface area contributed by atoms with Crippen molar-refractivity contribution >= 4 is 34.5 Å². The van der Waals surface area contributed by atoms with Gasteiger partial charge >= 0.3 is 0 Å². The third-order valence-electron chi connectivity index (χ3n) is 4.24. The van der Waals surface area contributed by atoms with Crippen LogP contribution in [-0.4, -0.2) is 47.5 Å². The summed E-state index contributed by atoms with van der Waals surface area (Å²) in [6.07, 6.45) is 5.13. The minimum absolute atomic E-state index is 0.454. The molecular formula is C20H20N6O. The first kappa shape index (κ1) is 17.1. The monoisotopic (exact) mass is 360 g/mol. The molecule has 3 heterocycles. The van der Waals surface area contributed by atoms with Crippen LogP contribution in [0.3, 0.4) is 0 Å². The molecule has 4 rings (SSSR count). The Morgan fingerprint density at radius 1 is 1.07 bits per heavy atom. The second-order valence-corrected chi connectivity index (χ2v) is 6.08. The van der Waals surface area contributed by atoms with E-state index in [0.29, 0.717) is 24.7 Å². The maximum absolute atomic E-state index is 6.23. The van der Waals surface area contributed by atoms with Crippen molar-refractivity contribution in [3.05, 3.63) is 60.6 Å². The lowest BCUT2D eigenvalue weighted by Crippen LogP contribution is -2.37. The van der Waals surface area contributed by atoms with Crippen molar-refractivity contribution in [2.45, 2.75) is 0 Å². The molecular weight excluding hydrogens is 340 g/mol. The van der Waals surface area contributed by atoms with E-state index in [2.05, 4.69) is 19.9 Å². The van der Waals surface area contributed by atoms with Gasteiger partial charge in [-0.2, -0.15) is 0 Å². The van der Waals surface area contributed by atoms with Crippen LogP contribution in [0.25, 0.3) is 16.7 Å². The third-order valence-corrected chi connectivity index (χ3v) is 4.24. The number of nitrogens with two attached hydrogens (primary N) is 1. The van der Waals surface area contributed by atoms with Crippen molar-refractivity contribution in [2.75, 3.05) is 31.2 Å². The van der Waals surface area contributed by atoms with Gasteiger partial charge in [0.1, 0.15) is 5.52 Å². The van der Waals surface area contributed by atoms with Crippen molar-refractivity contribution < 1.29 is 4.74 Å². The number of fused-ring (bicyclic) bond motifs is 1. The molecule has 1 aliphatic rings. The lowest BCUT2D eigenvalue weighted by molar-refractivity contribution is 0.122. The predicted molar refractivity (Wildman–Crippen MR) is 107 cm³/mol. The highest BCUT2D eigenvalue weighted by Crippen LogP contribution is 2.24. The highest BCUT2D eigenvalue weighted by Gasteiger charge is 2.18. The molecule has 2 N–H and O–H groups in total. The van der Waals surface area contributed by atoms with Crippen LogP contribution in [-0.2, 0) is 4.74 Å². The van der Waals surface area contributed by atoms with Crippen molar-refractivity contribution in [1.82, 2.24) is 15.0 Å². The SMILES string of the molecule is NC(=CC=Nc1ccccc1)c1nc(N2CCOCC2)c2ncccc2n1. The summed E-state index contributed by atoms with van der Waals surface area (Å²) in [5.41, 5.74) is 9.08. The summed E-state index contributed by atoms with van der Waals surface area (Å²) in [5.74, 6) is 1.26. The highest BCUT2D eigenvalue weighted by molar-refractivity contribution is 5.89. The van der Waals surface area contributed by atoms with E-state index in [9.17, 15) is 0 Å². The van der Waals surface area contributed by atoms with Gasteiger partial charge in [-0.15, -0.1) is 0 Å². The smallest absolute Gasteiger partial charge is 0.178 e. The molecule has 7 nitrogen and oxygen atoms in total. The molecule has 27 heavy (non-hydrogen) atoms. The molecule has 0 saturated carbocycles. The van der Waals surface area contributed by atoms with Crippen LogP contribution < -0.4 is 10.6 Å². The molecule has 0 aliphatic carbocycles. The fraction of sp³-hybridized carbons (Fsp3) is 0.200. The molecule has 1 saturated heterocycles. The Morgan fingerprint density at radius 3 is 2.70 bits per heavy atom. The predicted octanol–water partition coefficient (Wildman–Crippen LogP) is 2.56. The van der Waals surface area contributed by atoms with Gasteiger partial charge < -0.3 is 15.4 Å². The van der Waals surface area contributed by atoms with E-state index >= 15 is 0 Å². The summed E-state index contributed by atoms with van der Waals surface area (Å²) in [7, 11) is 0. The normalized spacial score (nSPS) is 15.6. The van der Waals surface area contributed by atoms with Gasteiger partial charge in [0.15, 0.2) is 11.6 Å². The molecule has 1 aliphatic heterocycles. The zero-order valence-corrected chi connectivity index (χ0v) is 14.8. The maximum atomic E-state index is 6.23.